The summed E-state index contributed by atoms with van der Waals surface area (Å²) in [6.45, 7) is 0.876. The fraction of sp³-hybridized carbons (Fsp3) is 0.150. The van der Waals surface area contributed by atoms with Crippen LogP contribution in [0.4, 0.5) is 11.5 Å². The fourth-order valence-electron chi connectivity index (χ4n) is 2.44. The van der Waals surface area contributed by atoms with Crippen molar-refractivity contribution >= 4 is 17.4 Å². The van der Waals surface area contributed by atoms with E-state index in [1.54, 1.807) is 30.7 Å². The van der Waals surface area contributed by atoms with Crippen molar-refractivity contribution in [2.45, 2.75) is 6.42 Å². The number of carbonyl (C=O) groups excluding carboxylic acids is 1. The molecule has 0 aliphatic rings. The highest BCUT2D eigenvalue weighted by molar-refractivity contribution is 6.03. The van der Waals surface area contributed by atoms with Crippen LogP contribution in [0.5, 0.6) is 0 Å². The van der Waals surface area contributed by atoms with Crippen LogP contribution in [0.2, 0.25) is 0 Å². The van der Waals surface area contributed by atoms with Gasteiger partial charge in [-0.25, -0.2) is 4.98 Å². The second kappa shape index (κ2) is 8.06. The van der Waals surface area contributed by atoms with E-state index >= 15 is 0 Å². The van der Waals surface area contributed by atoms with E-state index in [1.165, 1.54) is 5.56 Å². The first-order valence-corrected chi connectivity index (χ1v) is 8.15. The van der Waals surface area contributed by atoms with Gasteiger partial charge in [0.05, 0.1) is 11.9 Å². The number of anilines is 2. The molecule has 2 heterocycles. The van der Waals surface area contributed by atoms with E-state index in [-0.39, 0.29) is 5.91 Å². The van der Waals surface area contributed by atoms with Gasteiger partial charge in [0.1, 0.15) is 5.82 Å². The lowest BCUT2D eigenvalue weighted by Crippen LogP contribution is -2.20. The molecule has 3 rings (SSSR count). The van der Waals surface area contributed by atoms with Crippen LogP contribution in [0.25, 0.3) is 0 Å². The number of aromatic nitrogens is 2. The molecule has 25 heavy (non-hydrogen) atoms. The van der Waals surface area contributed by atoms with Crippen molar-refractivity contribution in [1.82, 2.24) is 9.97 Å². The molecule has 0 aliphatic carbocycles. The van der Waals surface area contributed by atoms with Crippen molar-refractivity contribution in [2.24, 2.45) is 0 Å². The molecular weight excluding hydrogens is 312 g/mol. The van der Waals surface area contributed by atoms with Gasteiger partial charge < -0.3 is 10.2 Å². The standard InChI is InChI=1S/C20H20N4O/c1-24(14-11-16-9-12-21-13-10-16)18-7-8-19(22-15-18)23-20(25)17-5-3-2-4-6-17/h2-10,12-13,15H,11,14H2,1H3,(H,22,23,25). The molecule has 0 saturated heterocycles. The van der Waals surface area contributed by atoms with Crippen LogP contribution in [-0.2, 0) is 6.42 Å². The Labute approximate surface area is 147 Å². The fourth-order valence-corrected chi connectivity index (χ4v) is 2.44. The van der Waals surface area contributed by atoms with Gasteiger partial charge in [0.15, 0.2) is 0 Å². The quantitative estimate of drug-likeness (QED) is 0.751. The third-order valence-electron chi connectivity index (χ3n) is 3.95. The average Bonchev–Trinajstić information content (AvgIpc) is 2.68. The third kappa shape index (κ3) is 4.64. The van der Waals surface area contributed by atoms with Crippen LogP contribution in [0, 0.1) is 0 Å². The van der Waals surface area contributed by atoms with Crippen molar-refractivity contribution < 1.29 is 4.79 Å². The topological polar surface area (TPSA) is 58.1 Å². The molecule has 1 N–H and O–H groups in total. The molecule has 5 nitrogen and oxygen atoms in total. The molecule has 0 saturated carbocycles. The van der Waals surface area contributed by atoms with Gasteiger partial charge in [-0.15, -0.1) is 0 Å². The maximum absolute atomic E-state index is 12.1. The number of rotatable bonds is 6. The molecule has 0 spiro atoms. The molecule has 5 heteroatoms. The van der Waals surface area contributed by atoms with Gasteiger partial charge >= 0.3 is 0 Å². The van der Waals surface area contributed by atoms with Crippen LogP contribution in [0.1, 0.15) is 15.9 Å². The maximum atomic E-state index is 12.1. The number of amides is 1. The van der Waals surface area contributed by atoms with Crippen molar-refractivity contribution in [3.05, 3.63) is 84.3 Å². The Hall–Kier alpha value is -3.21. The van der Waals surface area contributed by atoms with E-state index in [9.17, 15) is 4.79 Å². The van der Waals surface area contributed by atoms with Gasteiger partial charge in [-0.2, -0.15) is 0 Å². The summed E-state index contributed by atoms with van der Waals surface area (Å²) in [6.07, 6.45) is 6.32. The minimum atomic E-state index is -0.160. The van der Waals surface area contributed by atoms with Gasteiger partial charge in [0.25, 0.3) is 5.91 Å². The molecule has 0 atom stereocenters. The molecule has 0 bridgehead atoms. The predicted octanol–water partition coefficient (Wildman–Crippen LogP) is 3.41. The van der Waals surface area contributed by atoms with E-state index in [0.717, 1.165) is 18.7 Å². The molecular formula is C20H20N4O. The molecule has 1 aromatic carbocycles. The number of hydrogen-bond acceptors (Lipinski definition) is 4. The smallest absolute Gasteiger partial charge is 0.256 e. The van der Waals surface area contributed by atoms with Crippen molar-refractivity contribution in [3.8, 4) is 0 Å². The Morgan fingerprint density at radius 1 is 1.04 bits per heavy atom. The first-order valence-electron chi connectivity index (χ1n) is 8.15. The summed E-state index contributed by atoms with van der Waals surface area (Å²) in [6, 6.07) is 16.9. The number of nitrogens with zero attached hydrogens (tertiary/aromatic N) is 3. The SMILES string of the molecule is CN(CCc1ccncc1)c1ccc(NC(=O)c2ccccc2)nc1. The second-order valence-electron chi connectivity index (χ2n) is 5.75. The molecule has 2 aromatic heterocycles. The molecule has 0 radical (unpaired) electrons. The molecule has 0 aliphatic heterocycles. The third-order valence-corrected chi connectivity index (χ3v) is 3.95. The summed E-state index contributed by atoms with van der Waals surface area (Å²) in [5, 5.41) is 2.81. The van der Waals surface area contributed by atoms with Gasteiger partial charge in [-0.05, 0) is 48.4 Å². The number of hydrogen-bond donors (Lipinski definition) is 1. The lowest BCUT2D eigenvalue weighted by atomic mass is 10.2. The van der Waals surface area contributed by atoms with Gasteiger partial charge in [-0.1, -0.05) is 18.2 Å². The molecule has 0 fully saturated rings. The summed E-state index contributed by atoms with van der Waals surface area (Å²) in [5.41, 5.74) is 2.87. The van der Waals surface area contributed by atoms with Crippen molar-refractivity contribution in [3.63, 3.8) is 0 Å². The Balaban J connectivity index is 1.57. The summed E-state index contributed by atoms with van der Waals surface area (Å²) >= 11 is 0. The Morgan fingerprint density at radius 2 is 1.80 bits per heavy atom. The summed E-state index contributed by atoms with van der Waals surface area (Å²) in [4.78, 5) is 22.6. The second-order valence-corrected chi connectivity index (χ2v) is 5.75. The Morgan fingerprint density at radius 3 is 2.48 bits per heavy atom. The van der Waals surface area contributed by atoms with Gasteiger partial charge in [0, 0.05) is 31.5 Å². The lowest BCUT2D eigenvalue weighted by molar-refractivity contribution is 0.102. The zero-order valence-electron chi connectivity index (χ0n) is 14.1. The minimum absolute atomic E-state index is 0.160. The minimum Gasteiger partial charge on any atom is -0.373 e. The van der Waals surface area contributed by atoms with E-state index in [1.807, 2.05) is 49.5 Å². The van der Waals surface area contributed by atoms with E-state index < -0.39 is 0 Å². The highest BCUT2D eigenvalue weighted by atomic mass is 16.1. The summed E-state index contributed by atoms with van der Waals surface area (Å²) < 4.78 is 0. The van der Waals surface area contributed by atoms with Gasteiger partial charge in [0.2, 0.25) is 0 Å². The first kappa shape index (κ1) is 16.6. The highest BCUT2D eigenvalue weighted by Crippen LogP contribution is 2.15. The van der Waals surface area contributed by atoms with Crippen molar-refractivity contribution in [2.75, 3.05) is 23.8 Å². The zero-order chi connectivity index (χ0) is 17.5. The summed E-state index contributed by atoms with van der Waals surface area (Å²) in [5.74, 6) is 0.382. The number of likely N-dealkylation sites (N-methyl/N-ethyl adjacent to an activating group) is 1. The normalized spacial score (nSPS) is 10.3. The number of pyridine rings is 2. The number of benzene rings is 1. The van der Waals surface area contributed by atoms with E-state index in [4.69, 9.17) is 0 Å². The van der Waals surface area contributed by atoms with Crippen LogP contribution in [0.15, 0.2) is 73.2 Å². The van der Waals surface area contributed by atoms with Crippen LogP contribution < -0.4 is 10.2 Å². The van der Waals surface area contributed by atoms with Crippen molar-refractivity contribution in [1.29, 1.82) is 0 Å². The number of nitrogens with one attached hydrogen (secondary N) is 1. The Kier molecular flexibility index (Phi) is 5.36. The van der Waals surface area contributed by atoms with E-state index in [0.29, 0.717) is 11.4 Å². The predicted molar refractivity (Wildman–Crippen MR) is 99.8 cm³/mol. The average molecular weight is 332 g/mol. The zero-order valence-corrected chi connectivity index (χ0v) is 14.1. The molecule has 126 valence electrons. The van der Waals surface area contributed by atoms with Crippen LogP contribution in [0.3, 0.4) is 0 Å². The van der Waals surface area contributed by atoms with Gasteiger partial charge in [-0.3, -0.25) is 9.78 Å². The van der Waals surface area contributed by atoms with Crippen LogP contribution in [-0.4, -0.2) is 29.5 Å². The Bertz CT molecular complexity index is 804. The van der Waals surface area contributed by atoms with Crippen LogP contribution >= 0.6 is 0 Å². The number of carbonyl (C=O) groups is 1. The largest absolute Gasteiger partial charge is 0.373 e. The van der Waals surface area contributed by atoms with E-state index in [2.05, 4.69) is 20.2 Å². The summed E-state index contributed by atoms with van der Waals surface area (Å²) in [7, 11) is 2.03. The lowest BCUT2D eigenvalue weighted by Gasteiger charge is -2.19. The molecule has 3 aromatic rings. The molecule has 0 unspecified atom stereocenters. The maximum Gasteiger partial charge on any atom is 0.256 e. The monoisotopic (exact) mass is 332 g/mol. The molecule has 1 amide bonds. The first-order chi connectivity index (χ1) is 12.2. The highest BCUT2D eigenvalue weighted by Gasteiger charge is 2.07.